The Bertz CT molecular complexity index is 1150. The first-order chi connectivity index (χ1) is 15.6. The summed E-state index contributed by atoms with van der Waals surface area (Å²) in [7, 11) is 0. The fourth-order valence-corrected chi connectivity index (χ4v) is 4.88. The number of nitrogens with zero attached hydrogens (tertiary/aromatic N) is 1. The van der Waals surface area contributed by atoms with Crippen molar-refractivity contribution in [2.24, 2.45) is 4.99 Å². The molecule has 174 valence electrons. The van der Waals surface area contributed by atoms with E-state index in [9.17, 15) is 18.0 Å². The standard InChI is InChI=1S/C22H18Cl2F3N3O2S/c1-12-6-13(2-3-17(12)20(31)29-11-19-28-4-5-33-19)18-10-21(32-30-18,22(25,26)27)14-7-15(23)9-16(24)8-14/h2-3,6-10,30H,4-5,11H2,1H3,(H,29,31). The zero-order valence-electron chi connectivity index (χ0n) is 17.2. The summed E-state index contributed by atoms with van der Waals surface area (Å²) in [6, 6.07) is 8.41. The maximum absolute atomic E-state index is 14.2. The van der Waals surface area contributed by atoms with Gasteiger partial charge in [-0.1, -0.05) is 29.3 Å². The summed E-state index contributed by atoms with van der Waals surface area (Å²) in [5.41, 5.74) is 0.909. The normalized spacial score (nSPS) is 20.3. The highest BCUT2D eigenvalue weighted by Gasteiger charge is 2.59. The van der Waals surface area contributed by atoms with Gasteiger partial charge in [0.05, 0.1) is 17.3 Å². The number of aryl methyl sites for hydroxylation is 1. The maximum atomic E-state index is 14.2. The van der Waals surface area contributed by atoms with Crippen LogP contribution in [0.3, 0.4) is 0 Å². The van der Waals surface area contributed by atoms with Gasteiger partial charge in [-0.05, 0) is 54.5 Å². The zero-order valence-corrected chi connectivity index (χ0v) is 19.6. The Balaban J connectivity index is 1.62. The van der Waals surface area contributed by atoms with E-state index in [0.29, 0.717) is 23.2 Å². The first kappa shape index (κ1) is 23.9. The molecule has 0 fully saturated rings. The highest BCUT2D eigenvalue weighted by molar-refractivity contribution is 8.14. The number of carbonyl (C=O) groups excluding carboxylic acids is 1. The lowest BCUT2D eigenvalue weighted by atomic mass is 9.91. The third-order valence-electron chi connectivity index (χ3n) is 5.21. The van der Waals surface area contributed by atoms with E-state index in [1.165, 1.54) is 6.07 Å². The van der Waals surface area contributed by atoms with Gasteiger partial charge in [0.1, 0.15) is 0 Å². The van der Waals surface area contributed by atoms with E-state index in [0.717, 1.165) is 35.6 Å². The number of hydrogen-bond acceptors (Lipinski definition) is 5. The Labute approximate surface area is 202 Å². The molecule has 0 aromatic heterocycles. The van der Waals surface area contributed by atoms with Crippen LogP contribution in [0, 0.1) is 6.92 Å². The number of benzene rings is 2. The first-order valence-electron chi connectivity index (χ1n) is 9.84. The summed E-state index contributed by atoms with van der Waals surface area (Å²) in [6.07, 6.45) is -3.86. The van der Waals surface area contributed by atoms with Gasteiger partial charge in [0.25, 0.3) is 5.91 Å². The minimum atomic E-state index is -4.80. The molecule has 0 spiro atoms. The zero-order chi connectivity index (χ0) is 23.8. The van der Waals surface area contributed by atoms with Gasteiger partial charge < -0.3 is 5.32 Å². The molecule has 33 heavy (non-hydrogen) atoms. The second kappa shape index (κ2) is 9.21. The molecule has 0 radical (unpaired) electrons. The molecule has 2 aliphatic rings. The van der Waals surface area contributed by atoms with Gasteiger partial charge in [0.2, 0.25) is 5.60 Å². The van der Waals surface area contributed by atoms with Crippen molar-refractivity contribution in [3.05, 3.63) is 74.8 Å². The van der Waals surface area contributed by atoms with Crippen molar-refractivity contribution < 1.29 is 22.8 Å². The molecule has 0 saturated carbocycles. The molecule has 2 aliphatic heterocycles. The van der Waals surface area contributed by atoms with Crippen molar-refractivity contribution in [3.63, 3.8) is 0 Å². The number of halogens is 5. The number of hydrogen-bond donors (Lipinski definition) is 2. The van der Waals surface area contributed by atoms with Crippen molar-refractivity contribution in [2.75, 3.05) is 18.8 Å². The summed E-state index contributed by atoms with van der Waals surface area (Å²) in [6.45, 7) is 2.81. The van der Waals surface area contributed by atoms with E-state index in [1.54, 1.807) is 36.9 Å². The highest BCUT2D eigenvalue weighted by atomic mass is 35.5. The van der Waals surface area contributed by atoms with Gasteiger partial charge in [-0.25, -0.2) is 0 Å². The van der Waals surface area contributed by atoms with E-state index in [-0.39, 0.29) is 27.2 Å². The van der Waals surface area contributed by atoms with Gasteiger partial charge in [0, 0.05) is 33.5 Å². The lowest BCUT2D eigenvalue weighted by Gasteiger charge is -2.28. The highest BCUT2D eigenvalue weighted by Crippen LogP contribution is 2.48. The predicted octanol–water partition coefficient (Wildman–Crippen LogP) is 5.51. The number of amides is 1. The van der Waals surface area contributed by atoms with Gasteiger partial charge in [-0.3, -0.25) is 20.1 Å². The number of carbonyl (C=O) groups is 1. The summed E-state index contributed by atoms with van der Waals surface area (Å²) < 4.78 is 42.5. The molecule has 2 aromatic carbocycles. The number of alkyl halides is 3. The maximum Gasteiger partial charge on any atom is 0.428 e. The SMILES string of the molecule is Cc1cc(C2=CC(c3cc(Cl)cc(Cl)c3)(C(F)(F)F)ON2)ccc1C(=O)NCC1=NCCS1. The van der Waals surface area contributed by atoms with Crippen LogP contribution in [0.2, 0.25) is 10.0 Å². The van der Waals surface area contributed by atoms with Crippen molar-refractivity contribution in [1.82, 2.24) is 10.8 Å². The van der Waals surface area contributed by atoms with E-state index in [1.807, 2.05) is 0 Å². The van der Waals surface area contributed by atoms with Crippen molar-refractivity contribution in [2.45, 2.75) is 18.7 Å². The van der Waals surface area contributed by atoms with Crippen molar-refractivity contribution >= 4 is 51.6 Å². The molecule has 11 heteroatoms. The van der Waals surface area contributed by atoms with Crippen LogP contribution in [0.5, 0.6) is 0 Å². The molecule has 5 nitrogen and oxygen atoms in total. The molecule has 4 rings (SSSR count). The Morgan fingerprint density at radius 3 is 2.58 bits per heavy atom. The summed E-state index contributed by atoms with van der Waals surface area (Å²) in [5.74, 6) is 0.626. The van der Waals surface area contributed by atoms with E-state index >= 15 is 0 Å². The monoisotopic (exact) mass is 515 g/mol. The fourth-order valence-electron chi connectivity index (χ4n) is 3.58. The fraction of sp³-hybridized carbons (Fsp3) is 0.273. The molecule has 2 aromatic rings. The van der Waals surface area contributed by atoms with Crippen LogP contribution in [0.1, 0.15) is 27.0 Å². The molecular weight excluding hydrogens is 498 g/mol. The minimum absolute atomic E-state index is 0.0553. The topological polar surface area (TPSA) is 62.7 Å². The average molecular weight is 516 g/mol. The number of nitrogens with one attached hydrogen (secondary N) is 2. The molecule has 1 unspecified atom stereocenters. The molecular formula is C22H18Cl2F3N3O2S. The van der Waals surface area contributed by atoms with E-state index < -0.39 is 11.8 Å². The van der Waals surface area contributed by atoms with Crippen molar-refractivity contribution in [3.8, 4) is 0 Å². The van der Waals surface area contributed by atoms with Gasteiger partial charge in [-0.2, -0.15) is 13.2 Å². The first-order valence-corrected chi connectivity index (χ1v) is 11.6. The van der Waals surface area contributed by atoms with Crippen LogP contribution in [-0.2, 0) is 10.4 Å². The van der Waals surface area contributed by atoms with Crippen LogP contribution in [0.4, 0.5) is 13.2 Å². The Kier molecular flexibility index (Phi) is 6.68. The lowest BCUT2D eigenvalue weighted by molar-refractivity contribution is -0.269. The van der Waals surface area contributed by atoms with Gasteiger partial charge in [0.15, 0.2) is 0 Å². The quantitative estimate of drug-likeness (QED) is 0.551. The predicted molar refractivity (Wildman–Crippen MR) is 125 cm³/mol. The third-order valence-corrected chi connectivity index (χ3v) is 6.64. The van der Waals surface area contributed by atoms with Crippen molar-refractivity contribution in [1.29, 1.82) is 0 Å². The Morgan fingerprint density at radius 1 is 1.24 bits per heavy atom. The number of hydroxylamine groups is 1. The van der Waals surface area contributed by atoms with Crippen LogP contribution in [0.25, 0.3) is 5.70 Å². The second-order valence-electron chi connectivity index (χ2n) is 7.49. The summed E-state index contributed by atoms with van der Waals surface area (Å²) >= 11 is 13.5. The third kappa shape index (κ3) is 4.87. The molecule has 1 atom stereocenters. The summed E-state index contributed by atoms with van der Waals surface area (Å²) in [5, 5.41) is 3.80. The molecule has 2 N–H and O–H groups in total. The average Bonchev–Trinajstić information content (AvgIpc) is 3.41. The smallest absolute Gasteiger partial charge is 0.346 e. The second-order valence-corrected chi connectivity index (χ2v) is 9.53. The number of aliphatic imine (C=N–C) groups is 1. The van der Waals surface area contributed by atoms with Crippen LogP contribution in [-0.4, -0.2) is 36.0 Å². The van der Waals surface area contributed by atoms with E-state index in [2.05, 4.69) is 15.8 Å². The Hall–Kier alpha value is -2.20. The van der Waals surface area contributed by atoms with Crippen LogP contribution < -0.4 is 10.8 Å². The van der Waals surface area contributed by atoms with Gasteiger partial charge in [-0.15, -0.1) is 11.8 Å². The Morgan fingerprint density at radius 2 is 1.97 bits per heavy atom. The van der Waals surface area contributed by atoms with Crippen LogP contribution >= 0.6 is 35.0 Å². The molecule has 2 heterocycles. The molecule has 1 amide bonds. The number of thioether (sulfide) groups is 1. The minimum Gasteiger partial charge on any atom is -0.346 e. The summed E-state index contributed by atoms with van der Waals surface area (Å²) in [4.78, 5) is 21.9. The molecule has 0 bridgehead atoms. The largest absolute Gasteiger partial charge is 0.428 e. The van der Waals surface area contributed by atoms with E-state index in [4.69, 9.17) is 28.0 Å². The molecule has 0 aliphatic carbocycles. The van der Waals surface area contributed by atoms with Gasteiger partial charge >= 0.3 is 6.18 Å². The lowest BCUT2D eigenvalue weighted by Crippen LogP contribution is -2.42. The number of rotatable bonds is 5. The molecule has 0 saturated heterocycles. The van der Waals surface area contributed by atoms with Crippen LogP contribution in [0.15, 0.2) is 47.5 Å².